The summed E-state index contributed by atoms with van der Waals surface area (Å²) in [6.07, 6.45) is 1.12. The molecule has 1 heterocycles. The van der Waals surface area contributed by atoms with Crippen molar-refractivity contribution in [2.45, 2.75) is 6.54 Å². The maximum absolute atomic E-state index is 12.9. The van der Waals surface area contributed by atoms with Gasteiger partial charge in [0.2, 0.25) is 0 Å². The average Bonchev–Trinajstić information content (AvgIpc) is 2.33. The number of pyridine rings is 1. The first-order valence-corrected chi connectivity index (χ1v) is 5.32. The highest BCUT2D eigenvalue weighted by atomic mass is 35.5. The normalized spacial score (nSPS) is 10.3. The highest BCUT2D eigenvalue weighted by Gasteiger charge is 2.01. The Labute approximate surface area is 102 Å². The first-order valence-electron chi connectivity index (χ1n) is 4.94. The number of nitrogens with one attached hydrogen (secondary N) is 1. The van der Waals surface area contributed by atoms with Crippen LogP contribution in [0.25, 0.3) is 0 Å². The SMILES string of the molecule is Fc1ccc(NCc2ccc(F)c(Cl)c2)nc1. The summed E-state index contributed by atoms with van der Waals surface area (Å²) in [5.74, 6) is -0.289. The summed E-state index contributed by atoms with van der Waals surface area (Å²) in [6, 6.07) is 7.30. The second kappa shape index (κ2) is 5.10. The van der Waals surface area contributed by atoms with E-state index in [0.717, 1.165) is 11.8 Å². The molecule has 0 radical (unpaired) electrons. The zero-order chi connectivity index (χ0) is 12.3. The van der Waals surface area contributed by atoms with Crippen LogP contribution in [0.5, 0.6) is 0 Å². The van der Waals surface area contributed by atoms with Crippen molar-refractivity contribution in [1.82, 2.24) is 4.98 Å². The van der Waals surface area contributed by atoms with E-state index in [1.54, 1.807) is 6.07 Å². The maximum Gasteiger partial charge on any atom is 0.141 e. The van der Waals surface area contributed by atoms with Crippen molar-refractivity contribution in [3.63, 3.8) is 0 Å². The van der Waals surface area contributed by atoms with Gasteiger partial charge in [-0.3, -0.25) is 0 Å². The van der Waals surface area contributed by atoms with Crippen molar-refractivity contribution in [3.8, 4) is 0 Å². The van der Waals surface area contributed by atoms with Crippen LogP contribution in [0.15, 0.2) is 36.5 Å². The van der Waals surface area contributed by atoms with Crippen LogP contribution < -0.4 is 5.32 Å². The van der Waals surface area contributed by atoms with Gasteiger partial charge >= 0.3 is 0 Å². The van der Waals surface area contributed by atoms with E-state index < -0.39 is 5.82 Å². The molecule has 0 bridgehead atoms. The van der Waals surface area contributed by atoms with E-state index in [9.17, 15) is 8.78 Å². The fraction of sp³-hybridized carbons (Fsp3) is 0.0833. The van der Waals surface area contributed by atoms with Crippen LogP contribution in [-0.4, -0.2) is 4.98 Å². The van der Waals surface area contributed by atoms with Gasteiger partial charge < -0.3 is 5.32 Å². The summed E-state index contributed by atoms with van der Waals surface area (Å²) in [5.41, 5.74) is 0.822. The molecule has 17 heavy (non-hydrogen) atoms. The predicted molar refractivity (Wildman–Crippen MR) is 62.9 cm³/mol. The lowest BCUT2D eigenvalue weighted by Gasteiger charge is -2.06. The van der Waals surface area contributed by atoms with Crippen LogP contribution in [0, 0.1) is 11.6 Å². The molecule has 0 unspecified atom stereocenters. The smallest absolute Gasteiger partial charge is 0.141 e. The minimum atomic E-state index is -0.449. The summed E-state index contributed by atoms with van der Waals surface area (Å²) in [6.45, 7) is 0.443. The monoisotopic (exact) mass is 254 g/mol. The molecule has 2 rings (SSSR count). The fourth-order valence-electron chi connectivity index (χ4n) is 1.32. The lowest BCUT2D eigenvalue weighted by Crippen LogP contribution is -2.01. The lowest BCUT2D eigenvalue weighted by atomic mass is 10.2. The van der Waals surface area contributed by atoms with Crippen molar-refractivity contribution in [2.75, 3.05) is 5.32 Å². The van der Waals surface area contributed by atoms with E-state index in [1.165, 1.54) is 24.3 Å². The number of nitrogens with zero attached hydrogens (tertiary/aromatic N) is 1. The van der Waals surface area contributed by atoms with E-state index >= 15 is 0 Å². The molecule has 0 aliphatic heterocycles. The van der Waals surface area contributed by atoms with Gasteiger partial charge in [-0.25, -0.2) is 13.8 Å². The van der Waals surface area contributed by atoms with Crippen molar-refractivity contribution >= 4 is 17.4 Å². The van der Waals surface area contributed by atoms with Crippen LogP contribution in [0.1, 0.15) is 5.56 Å². The summed E-state index contributed by atoms with van der Waals surface area (Å²) >= 11 is 5.65. The fourth-order valence-corrected chi connectivity index (χ4v) is 1.53. The van der Waals surface area contributed by atoms with Gasteiger partial charge in [0.25, 0.3) is 0 Å². The Bertz CT molecular complexity index is 514. The first kappa shape index (κ1) is 11.8. The molecule has 5 heteroatoms. The van der Waals surface area contributed by atoms with E-state index in [4.69, 9.17) is 11.6 Å². The molecule has 0 atom stereocenters. The minimum Gasteiger partial charge on any atom is -0.366 e. The van der Waals surface area contributed by atoms with E-state index in [1.807, 2.05) is 0 Å². The molecule has 1 aromatic heterocycles. The standard InChI is InChI=1S/C12H9ClF2N2/c13-10-5-8(1-3-11(10)15)6-16-12-4-2-9(14)7-17-12/h1-5,7H,6H2,(H,16,17). The van der Waals surface area contributed by atoms with Gasteiger partial charge in [0, 0.05) is 6.54 Å². The van der Waals surface area contributed by atoms with Crippen molar-refractivity contribution < 1.29 is 8.78 Å². The molecular weight excluding hydrogens is 246 g/mol. The van der Waals surface area contributed by atoms with E-state index in [0.29, 0.717) is 12.4 Å². The minimum absolute atomic E-state index is 0.0800. The molecule has 1 N–H and O–H groups in total. The van der Waals surface area contributed by atoms with Gasteiger partial charge in [-0.05, 0) is 29.8 Å². The second-order valence-electron chi connectivity index (χ2n) is 3.46. The third kappa shape index (κ3) is 3.14. The molecule has 0 aliphatic rings. The summed E-state index contributed by atoms with van der Waals surface area (Å²) < 4.78 is 25.5. The largest absolute Gasteiger partial charge is 0.366 e. The quantitative estimate of drug-likeness (QED) is 0.905. The summed E-state index contributed by atoms with van der Waals surface area (Å²) in [4.78, 5) is 3.84. The highest BCUT2D eigenvalue weighted by Crippen LogP contribution is 2.16. The van der Waals surface area contributed by atoms with E-state index in [2.05, 4.69) is 10.3 Å². The molecule has 0 saturated carbocycles. The number of hydrogen-bond donors (Lipinski definition) is 1. The van der Waals surface area contributed by atoms with Gasteiger partial charge in [-0.2, -0.15) is 0 Å². The van der Waals surface area contributed by atoms with Crippen LogP contribution in [0.2, 0.25) is 5.02 Å². The van der Waals surface area contributed by atoms with Gasteiger partial charge in [0.15, 0.2) is 0 Å². The summed E-state index contributed by atoms with van der Waals surface area (Å²) in [5, 5.41) is 3.06. The van der Waals surface area contributed by atoms with E-state index in [-0.39, 0.29) is 10.8 Å². The molecule has 88 valence electrons. The molecule has 0 amide bonds. The molecule has 2 aromatic rings. The summed E-state index contributed by atoms with van der Waals surface area (Å²) in [7, 11) is 0. The topological polar surface area (TPSA) is 24.9 Å². The van der Waals surface area contributed by atoms with Crippen LogP contribution in [0.3, 0.4) is 0 Å². The Balaban J connectivity index is 2.02. The van der Waals surface area contributed by atoms with Crippen molar-refractivity contribution in [1.29, 1.82) is 0 Å². The second-order valence-corrected chi connectivity index (χ2v) is 3.87. The number of benzene rings is 1. The lowest BCUT2D eigenvalue weighted by molar-refractivity contribution is 0.621. The molecular formula is C12H9ClF2N2. The maximum atomic E-state index is 12.9. The Morgan fingerprint density at radius 3 is 2.65 bits per heavy atom. The Hall–Kier alpha value is -1.68. The molecule has 0 fully saturated rings. The number of aromatic nitrogens is 1. The molecule has 1 aromatic carbocycles. The van der Waals surface area contributed by atoms with Crippen LogP contribution >= 0.6 is 11.6 Å². The third-order valence-electron chi connectivity index (χ3n) is 2.19. The number of hydrogen-bond acceptors (Lipinski definition) is 2. The van der Waals surface area contributed by atoms with Gasteiger partial charge in [-0.1, -0.05) is 17.7 Å². The van der Waals surface area contributed by atoms with Crippen LogP contribution in [0.4, 0.5) is 14.6 Å². The predicted octanol–water partition coefficient (Wildman–Crippen LogP) is 3.63. The molecule has 0 spiro atoms. The molecule has 2 nitrogen and oxygen atoms in total. The molecule has 0 aliphatic carbocycles. The average molecular weight is 255 g/mol. The zero-order valence-corrected chi connectivity index (χ0v) is 9.51. The molecule has 0 saturated heterocycles. The number of anilines is 1. The first-order chi connectivity index (χ1) is 8.15. The van der Waals surface area contributed by atoms with Crippen molar-refractivity contribution in [3.05, 3.63) is 58.7 Å². The van der Waals surface area contributed by atoms with Gasteiger partial charge in [0.05, 0.1) is 11.2 Å². The Morgan fingerprint density at radius 2 is 2.00 bits per heavy atom. The van der Waals surface area contributed by atoms with Gasteiger partial charge in [-0.15, -0.1) is 0 Å². The van der Waals surface area contributed by atoms with Gasteiger partial charge in [0.1, 0.15) is 17.5 Å². The van der Waals surface area contributed by atoms with Crippen LogP contribution in [-0.2, 0) is 6.54 Å². The number of halogens is 3. The Morgan fingerprint density at radius 1 is 1.18 bits per heavy atom. The third-order valence-corrected chi connectivity index (χ3v) is 2.47. The Kier molecular flexibility index (Phi) is 3.54. The zero-order valence-electron chi connectivity index (χ0n) is 8.75. The highest BCUT2D eigenvalue weighted by molar-refractivity contribution is 6.30. The van der Waals surface area contributed by atoms with Crippen molar-refractivity contribution in [2.24, 2.45) is 0 Å². The number of rotatable bonds is 3.